The molecule has 158 valence electrons. The zero-order valence-electron chi connectivity index (χ0n) is 16.4. The molecule has 1 saturated heterocycles. The summed E-state index contributed by atoms with van der Waals surface area (Å²) in [5.74, 6) is 0.236. The number of guanidine groups is 1. The van der Waals surface area contributed by atoms with Crippen molar-refractivity contribution in [3.05, 3.63) is 35.9 Å². The molecular formula is C18H29IN4O4S. The number of ether oxygens (including phenoxy) is 1. The van der Waals surface area contributed by atoms with Crippen molar-refractivity contribution >= 4 is 45.9 Å². The number of halogens is 1. The van der Waals surface area contributed by atoms with E-state index in [-0.39, 0.29) is 60.6 Å². The van der Waals surface area contributed by atoms with Gasteiger partial charge in [0, 0.05) is 33.2 Å². The average Bonchev–Trinajstić information content (AvgIpc) is 3.05. The highest BCUT2D eigenvalue weighted by molar-refractivity contribution is 14.0. The minimum Gasteiger partial charge on any atom is -0.469 e. The summed E-state index contributed by atoms with van der Waals surface area (Å²) < 4.78 is 31.8. The fourth-order valence-corrected chi connectivity index (χ4v) is 3.99. The van der Waals surface area contributed by atoms with Crippen LogP contribution >= 0.6 is 24.0 Å². The number of hydrogen-bond acceptors (Lipinski definition) is 5. The molecule has 0 amide bonds. The lowest BCUT2D eigenvalue weighted by molar-refractivity contribution is -0.145. The Kier molecular flexibility index (Phi) is 10.2. The first-order valence-electron chi connectivity index (χ1n) is 8.91. The molecule has 1 fully saturated rings. The van der Waals surface area contributed by atoms with Gasteiger partial charge in [-0.15, -0.1) is 24.0 Å². The van der Waals surface area contributed by atoms with Gasteiger partial charge >= 0.3 is 5.97 Å². The maximum Gasteiger partial charge on any atom is 0.310 e. The van der Waals surface area contributed by atoms with Crippen LogP contribution in [0.2, 0.25) is 0 Å². The molecule has 0 saturated carbocycles. The summed E-state index contributed by atoms with van der Waals surface area (Å²) in [5.41, 5.74) is 0.907. The molecule has 0 aliphatic carbocycles. The van der Waals surface area contributed by atoms with Crippen molar-refractivity contribution in [2.24, 2.45) is 16.8 Å². The molecule has 2 N–H and O–H groups in total. The number of likely N-dealkylation sites (tertiary alicyclic amines) is 1. The minimum absolute atomic E-state index is 0. The Morgan fingerprint density at radius 1 is 1.29 bits per heavy atom. The van der Waals surface area contributed by atoms with Gasteiger partial charge in [0.05, 0.1) is 18.8 Å². The third kappa shape index (κ3) is 7.21. The summed E-state index contributed by atoms with van der Waals surface area (Å²) in [6, 6.07) is 9.36. The van der Waals surface area contributed by atoms with E-state index < -0.39 is 10.0 Å². The first-order chi connectivity index (χ1) is 12.9. The zero-order valence-corrected chi connectivity index (χ0v) is 19.6. The van der Waals surface area contributed by atoms with Crippen molar-refractivity contribution in [2.75, 3.05) is 39.5 Å². The van der Waals surface area contributed by atoms with Crippen molar-refractivity contribution in [3.8, 4) is 0 Å². The predicted octanol–water partition coefficient (Wildman–Crippen LogP) is 1.04. The van der Waals surface area contributed by atoms with Crippen LogP contribution in [-0.4, -0.2) is 64.8 Å². The number of rotatable bonds is 7. The summed E-state index contributed by atoms with van der Waals surface area (Å²) in [6.45, 7) is 3.66. The van der Waals surface area contributed by atoms with E-state index in [9.17, 15) is 13.2 Å². The molecule has 1 aromatic carbocycles. The number of hydrogen-bond donors (Lipinski definition) is 2. The minimum atomic E-state index is -3.41. The molecule has 2 unspecified atom stereocenters. The number of methoxy groups -OCH3 is 1. The molecule has 8 nitrogen and oxygen atoms in total. The van der Waals surface area contributed by atoms with Gasteiger partial charge in [0.15, 0.2) is 5.96 Å². The second-order valence-corrected chi connectivity index (χ2v) is 8.54. The molecule has 1 aliphatic heterocycles. The number of aliphatic imine (C=N–C) groups is 1. The van der Waals surface area contributed by atoms with Crippen molar-refractivity contribution in [2.45, 2.75) is 13.5 Å². The fourth-order valence-electron chi connectivity index (χ4n) is 3.09. The number of nitrogens with one attached hydrogen (secondary N) is 2. The maximum atomic E-state index is 12.2. The normalized spacial score (nSPS) is 19.8. The quantitative estimate of drug-likeness (QED) is 0.240. The second-order valence-electron chi connectivity index (χ2n) is 6.61. The fraction of sp³-hybridized carbons (Fsp3) is 0.556. The Bertz CT molecular complexity index is 758. The Hall–Kier alpha value is -1.40. The van der Waals surface area contributed by atoms with Gasteiger partial charge in [0.25, 0.3) is 0 Å². The van der Waals surface area contributed by atoms with Crippen LogP contribution in [-0.2, 0) is 26.1 Å². The molecule has 1 aromatic rings. The third-order valence-electron chi connectivity index (χ3n) is 4.62. The smallest absolute Gasteiger partial charge is 0.310 e. The number of nitrogens with zero attached hydrogens (tertiary/aromatic N) is 2. The summed E-state index contributed by atoms with van der Waals surface area (Å²) in [7, 11) is -0.380. The molecule has 2 atom stereocenters. The topological polar surface area (TPSA) is 100 Å². The summed E-state index contributed by atoms with van der Waals surface area (Å²) in [5, 5.41) is 3.07. The van der Waals surface area contributed by atoms with E-state index in [4.69, 9.17) is 4.74 Å². The Balaban J connectivity index is 0.00000392. The lowest BCUT2D eigenvalue weighted by atomic mass is 9.99. The number of carbonyl (C=O) groups excluding carboxylic acids is 1. The van der Waals surface area contributed by atoms with E-state index in [2.05, 4.69) is 15.0 Å². The molecule has 2 rings (SSSR count). The van der Waals surface area contributed by atoms with Crippen LogP contribution < -0.4 is 10.0 Å². The molecule has 0 radical (unpaired) electrons. The van der Waals surface area contributed by atoms with Crippen LogP contribution in [0.1, 0.15) is 12.5 Å². The molecule has 10 heteroatoms. The third-order valence-corrected chi connectivity index (χ3v) is 5.95. The van der Waals surface area contributed by atoms with E-state index in [0.717, 1.165) is 5.56 Å². The molecule has 28 heavy (non-hydrogen) atoms. The Labute approximate surface area is 184 Å². The highest BCUT2D eigenvalue weighted by Gasteiger charge is 2.36. The first-order valence-corrected chi connectivity index (χ1v) is 10.6. The van der Waals surface area contributed by atoms with E-state index in [0.29, 0.717) is 19.0 Å². The summed E-state index contributed by atoms with van der Waals surface area (Å²) in [4.78, 5) is 18.0. The monoisotopic (exact) mass is 524 g/mol. The summed E-state index contributed by atoms with van der Waals surface area (Å²) in [6.07, 6.45) is 0. The van der Waals surface area contributed by atoms with Gasteiger partial charge in [0.2, 0.25) is 10.0 Å². The van der Waals surface area contributed by atoms with Gasteiger partial charge in [0.1, 0.15) is 0 Å². The van der Waals surface area contributed by atoms with Crippen LogP contribution in [0.4, 0.5) is 0 Å². The number of sulfonamides is 1. The first kappa shape index (κ1) is 24.6. The van der Waals surface area contributed by atoms with E-state index in [1.165, 1.54) is 7.11 Å². The highest BCUT2D eigenvalue weighted by atomic mass is 127. The molecule has 1 aliphatic rings. The molecule has 0 bridgehead atoms. The van der Waals surface area contributed by atoms with E-state index in [1.807, 2.05) is 42.2 Å². The number of esters is 1. The molecule has 1 heterocycles. The SMILES string of the molecule is CN=C(NCCS(=O)(=O)NCc1ccccc1)N1CC(C)C(C(=O)OC)C1.I. The zero-order chi connectivity index (χ0) is 19.9. The Morgan fingerprint density at radius 3 is 2.57 bits per heavy atom. The van der Waals surface area contributed by atoms with Crippen molar-refractivity contribution in [1.29, 1.82) is 0 Å². The lowest BCUT2D eigenvalue weighted by Gasteiger charge is -2.21. The molecule has 0 spiro atoms. The van der Waals surface area contributed by atoms with Gasteiger partial charge in [-0.25, -0.2) is 13.1 Å². The van der Waals surface area contributed by atoms with Crippen molar-refractivity contribution in [1.82, 2.24) is 14.9 Å². The highest BCUT2D eigenvalue weighted by Crippen LogP contribution is 2.23. The predicted molar refractivity (Wildman–Crippen MR) is 120 cm³/mol. The van der Waals surface area contributed by atoms with Crippen LogP contribution in [0.3, 0.4) is 0 Å². The summed E-state index contributed by atoms with van der Waals surface area (Å²) >= 11 is 0. The van der Waals surface area contributed by atoms with E-state index >= 15 is 0 Å². The largest absolute Gasteiger partial charge is 0.469 e. The van der Waals surface area contributed by atoms with Gasteiger partial charge in [-0.3, -0.25) is 9.79 Å². The maximum absolute atomic E-state index is 12.2. The number of carbonyl (C=O) groups is 1. The van der Waals surface area contributed by atoms with Gasteiger partial charge in [-0.2, -0.15) is 0 Å². The van der Waals surface area contributed by atoms with Gasteiger partial charge in [-0.1, -0.05) is 37.3 Å². The van der Waals surface area contributed by atoms with Crippen LogP contribution in [0.25, 0.3) is 0 Å². The molecular weight excluding hydrogens is 495 g/mol. The van der Waals surface area contributed by atoms with Crippen molar-refractivity contribution < 1.29 is 17.9 Å². The van der Waals surface area contributed by atoms with E-state index in [1.54, 1.807) is 7.05 Å². The van der Waals surface area contributed by atoms with Crippen LogP contribution in [0.15, 0.2) is 35.3 Å². The van der Waals surface area contributed by atoms with Gasteiger partial charge < -0.3 is 15.0 Å². The molecule has 0 aromatic heterocycles. The van der Waals surface area contributed by atoms with Crippen LogP contribution in [0, 0.1) is 11.8 Å². The second kappa shape index (κ2) is 11.6. The number of benzene rings is 1. The van der Waals surface area contributed by atoms with Crippen LogP contribution in [0.5, 0.6) is 0 Å². The lowest BCUT2D eigenvalue weighted by Crippen LogP contribution is -2.43. The standard InChI is InChI=1S/C18H28N4O4S.HI/c1-14-12-22(13-16(14)17(23)26-3)18(19-2)20-9-10-27(24,25)21-11-15-7-5-4-6-8-15;/h4-8,14,16,21H,9-13H2,1-3H3,(H,19,20);1H. The van der Waals surface area contributed by atoms with Crippen molar-refractivity contribution in [3.63, 3.8) is 0 Å². The Morgan fingerprint density at radius 2 is 1.96 bits per heavy atom. The van der Waals surface area contributed by atoms with Gasteiger partial charge in [-0.05, 0) is 11.5 Å². The average molecular weight is 524 g/mol.